The van der Waals surface area contributed by atoms with Crippen molar-refractivity contribution in [3.8, 4) is 0 Å². The van der Waals surface area contributed by atoms with Crippen molar-refractivity contribution in [2.24, 2.45) is 5.92 Å². The molecule has 3 atom stereocenters. The molecule has 3 fully saturated rings. The summed E-state index contributed by atoms with van der Waals surface area (Å²) in [4.78, 5) is 28.6. The average molecular weight is 393 g/mol. The number of hydrogen-bond acceptors (Lipinski definition) is 4. The fraction of sp³-hybridized carbons (Fsp3) is 0.391. The summed E-state index contributed by atoms with van der Waals surface area (Å²) in [7, 11) is 0. The predicted octanol–water partition coefficient (Wildman–Crippen LogP) is 3.29. The molecular formula is C23H24FN3O2. The number of nitrogens with zero attached hydrogens (tertiary/aromatic N) is 3. The lowest BCUT2D eigenvalue weighted by Gasteiger charge is -2.30. The van der Waals surface area contributed by atoms with Gasteiger partial charge in [0.25, 0.3) is 5.91 Å². The van der Waals surface area contributed by atoms with Gasteiger partial charge in [-0.1, -0.05) is 29.8 Å². The third-order valence-corrected chi connectivity index (χ3v) is 6.48. The van der Waals surface area contributed by atoms with Crippen LogP contribution in [-0.4, -0.2) is 41.0 Å². The van der Waals surface area contributed by atoms with Crippen LogP contribution in [0.25, 0.3) is 0 Å². The van der Waals surface area contributed by atoms with Crippen LogP contribution in [0.15, 0.2) is 36.4 Å². The van der Waals surface area contributed by atoms with Crippen LogP contribution in [0.5, 0.6) is 0 Å². The van der Waals surface area contributed by atoms with Crippen molar-refractivity contribution in [2.75, 3.05) is 18.0 Å². The second-order valence-corrected chi connectivity index (χ2v) is 8.41. The van der Waals surface area contributed by atoms with E-state index in [2.05, 4.69) is 10.0 Å². The highest BCUT2D eigenvalue weighted by Crippen LogP contribution is 2.49. The van der Waals surface area contributed by atoms with Gasteiger partial charge >= 0.3 is 0 Å². The molecule has 0 bridgehead atoms. The number of rotatable bonds is 2. The molecule has 0 aromatic heterocycles. The highest BCUT2D eigenvalue weighted by atomic mass is 19.1. The monoisotopic (exact) mass is 393 g/mol. The van der Waals surface area contributed by atoms with Crippen molar-refractivity contribution in [3.63, 3.8) is 0 Å². The third kappa shape index (κ3) is 2.59. The maximum absolute atomic E-state index is 13.6. The number of carbonyl (C=O) groups is 2. The Balaban J connectivity index is 1.61. The number of hydrazine groups is 1. The van der Waals surface area contributed by atoms with E-state index in [0.29, 0.717) is 5.69 Å². The van der Waals surface area contributed by atoms with Gasteiger partial charge in [0, 0.05) is 13.1 Å². The van der Waals surface area contributed by atoms with E-state index in [1.54, 1.807) is 12.1 Å². The van der Waals surface area contributed by atoms with Gasteiger partial charge in [0.2, 0.25) is 5.91 Å². The second kappa shape index (κ2) is 6.47. The van der Waals surface area contributed by atoms with E-state index in [4.69, 9.17) is 0 Å². The van der Waals surface area contributed by atoms with Gasteiger partial charge in [-0.05, 0) is 56.0 Å². The zero-order valence-corrected chi connectivity index (χ0v) is 16.9. The molecule has 0 N–H and O–H groups in total. The summed E-state index contributed by atoms with van der Waals surface area (Å²) in [6.45, 7) is 7.47. The van der Waals surface area contributed by atoms with Crippen molar-refractivity contribution >= 4 is 17.5 Å². The fourth-order valence-corrected chi connectivity index (χ4v) is 5.52. The summed E-state index contributed by atoms with van der Waals surface area (Å²) in [5.41, 5.74) is 4.56. The smallest absolute Gasteiger partial charge is 0.253 e. The van der Waals surface area contributed by atoms with E-state index >= 15 is 0 Å². The maximum atomic E-state index is 13.6. The van der Waals surface area contributed by atoms with Crippen LogP contribution in [-0.2, 0) is 9.59 Å². The molecule has 0 saturated carbocycles. The maximum Gasteiger partial charge on any atom is 0.253 e. The van der Waals surface area contributed by atoms with Crippen LogP contribution in [0.2, 0.25) is 0 Å². The van der Waals surface area contributed by atoms with Gasteiger partial charge in [0.05, 0.1) is 17.6 Å². The average Bonchev–Trinajstić information content (AvgIpc) is 3.30. The van der Waals surface area contributed by atoms with Gasteiger partial charge in [-0.15, -0.1) is 0 Å². The Morgan fingerprint density at radius 2 is 1.45 bits per heavy atom. The number of amides is 2. The summed E-state index contributed by atoms with van der Waals surface area (Å²) in [6, 6.07) is 9.62. The van der Waals surface area contributed by atoms with E-state index in [9.17, 15) is 14.0 Å². The highest BCUT2D eigenvalue weighted by Gasteiger charge is 2.63. The van der Waals surface area contributed by atoms with Gasteiger partial charge < -0.3 is 0 Å². The Labute approximate surface area is 169 Å². The lowest BCUT2D eigenvalue weighted by molar-refractivity contribution is -0.126. The Morgan fingerprint density at radius 1 is 0.862 bits per heavy atom. The topological polar surface area (TPSA) is 43.9 Å². The molecule has 3 heterocycles. The largest absolute Gasteiger partial charge is 0.274 e. The van der Waals surface area contributed by atoms with Crippen molar-refractivity contribution in [3.05, 3.63) is 64.5 Å². The van der Waals surface area contributed by atoms with Crippen molar-refractivity contribution in [1.82, 2.24) is 10.0 Å². The number of imide groups is 1. The molecule has 6 heteroatoms. The molecule has 0 spiro atoms. The lowest BCUT2D eigenvalue weighted by atomic mass is 9.90. The van der Waals surface area contributed by atoms with Crippen molar-refractivity contribution < 1.29 is 14.0 Å². The first-order valence-electron chi connectivity index (χ1n) is 10.1. The summed E-state index contributed by atoms with van der Waals surface area (Å²) in [5.74, 6) is -1.08. The van der Waals surface area contributed by atoms with Gasteiger partial charge in [0.15, 0.2) is 0 Å². The zero-order chi connectivity index (χ0) is 20.4. The number of carbonyl (C=O) groups excluding carboxylic acids is 2. The molecule has 3 saturated heterocycles. The number of benzene rings is 2. The van der Waals surface area contributed by atoms with Crippen LogP contribution in [0.3, 0.4) is 0 Å². The normalized spacial score (nSPS) is 27.0. The number of fused-ring (bicyclic) bond motifs is 3. The second-order valence-electron chi connectivity index (χ2n) is 8.41. The lowest BCUT2D eigenvalue weighted by Crippen LogP contribution is -2.44. The number of halogens is 1. The first-order chi connectivity index (χ1) is 13.9. The molecule has 29 heavy (non-hydrogen) atoms. The number of anilines is 1. The molecule has 0 radical (unpaired) electrons. The Hall–Kier alpha value is -2.57. The standard InChI is InChI=1S/C23H24FN3O2/c1-13-11-14(2)19(15(3)12-13)27-22(28)18-20(16-5-7-17(24)8-6-16)25-9-4-10-26(25)21(18)23(27)29/h5-8,11-12,18,20-21H,4,9-10H2,1-3H3/t18-,20-,21+/m1/s1. The molecule has 2 amide bonds. The Morgan fingerprint density at radius 3 is 2.07 bits per heavy atom. The van der Waals surface area contributed by atoms with Gasteiger partial charge in [0.1, 0.15) is 11.9 Å². The minimum Gasteiger partial charge on any atom is -0.274 e. The summed E-state index contributed by atoms with van der Waals surface area (Å²) < 4.78 is 13.5. The Kier molecular flexibility index (Phi) is 4.12. The summed E-state index contributed by atoms with van der Waals surface area (Å²) in [6.07, 6.45) is 0.949. The molecular weight excluding hydrogens is 369 g/mol. The van der Waals surface area contributed by atoms with Gasteiger partial charge in [-0.25, -0.2) is 19.3 Å². The van der Waals surface area contributed by atoms with E-state index < -0.39 is 12.0 Å². The van der Waals surface area contributed by atoms with Gasteiger partial charge in [-0.3, -0.25) is 9.59 Å². The quantitative estimate of drug-likeness (QED) is 0.735. The molecule has 5 nitrogen and oxygen atoms in total. The van der Waals surface area contributed by atoms with Crippen LogP contribution in [0.4, 0.5) is 10.1 Å². The van der Waals surface area contributed by atoms with Crippen LogP contribution < -0.4 is 4.90 Å². The third-order valence-electron chi connectivity index (χ3n) is 6.48. The molecule has 150 valence electrons. The molecule has 3 aliphatic rings. The number of hydrogen-bond donors (Lipinski definition) is 0. The molecule has 3 aliphatic heterocycles. The van der Waals surface area contributed by atoms with Crippen LogP contribution in [0.1, 0.15) is 34.7 Å². The van der Waals surface area contributed by atoms with Gasteiger partial charge in [-0.2, -0.15) is 0 Å². The van der Waals surface area contributed by atoms with E-state index in [-0.39, 0.29) is 23.7 Å². The molecule has 2 aromatic carbocycles. The van der Waals surface area contributed by atoms with E-state index in [1.165, 1.54) is 17.0 Å². The first kappa shape index (κ1) is 18.5. The first-order valence-corrected chi connectivity index (χ1v) is 10.1. The fourth-order valence-electron chi connectivity index (χ4n) is 5.52. The summed E-state index contributed by atoms with van der Waals surface area (Å²) >= 11 is 0. The minimum atomic E-state index is -0.486. The van der Waals surface area contributed by atoms with E-state index in [0.717, 1.165) is 41.8 Å². The van der Waals surface area contributed by atoms with Crippen molar-refractivity contribution in [2.45, 2.75) is 39.3 Å². The zero-order valence-electron chi connectivity index (χ0n) is 16.9. The predicted molar refractivity (Wildman–Crippen MR) is 108 cm³/mol. The molecule has 0 aliphatic carbocycles. The van der Waals surface area contributed by atoms with Crippen molar-refractivity contribution in [1.29, 1.82) is 0 Å². The van der Waals surface area contributed by atoms with E-state index in [1.807, 2.05) is 32.9 Å². The van der Waals surface area contributed by atoms with Crippen LogP contribution >= 0.6 is 0 Å². The SMILES string of the molecule is Cc1cc(C)c(N2C(=O)[C@H]3[C@@H](C2=O)N2CCCN2[C@@H]3c2ccc(F)cc2)c(C)c1. The Bertz CT molecular complexity index is 996. The van der Waals surface area contributed by atoms with Crippen LogP contribution in [0, 0.1) is 32.5 Å². The molecule has 5 rings (SSSR count). The molecule has 2 aromatic rings. The highest BCUT2D eigenvalue weighted by molar-refractivity contribution is 6.24. The number of aryl methyl sites for hydroxylation is 3. The summed E-state index contributed by atoms with van der Waals surface area (Å²) in [5, 5.41) is 4.21. The minimum absolute atomic E-state index is 0.147. The molecule has 0 unspecified atom stereocenters.